The normalized spacial score (nSPS) is 11.8. The standard InChI is InChI=1S/C13H7F3IN3O/c14-13(15,16)21-10-4-1-8(2-5-10)9-3-6-11-18-19-12(17)20(11)7-9/h1-7H. The van der Waals surface area contributed by atoms with Gasteiger partial charge in [-0.15, -0.1) is 23.4 Å². The maximum absolute atomic E-state index is 12.1. The van der Waals surface area contributed by atoms with Crippen molar-refractivity contribution < 1.29 is 17.9 Å². The zero-order chi connectivity index (χ0) is 15.0. The van der Waals surface area contributed by atoms with Gasteiger partial charge < -0.3 is 4.74 Å². The molecule has 3 aromatic rings. The number of alkyl halides is 3. The van der Waals surface area contributed by atoms with Crippen LogP contribution in [0.25, 0.3) is 16.8 Å². The van der Waals surface area contributed by atoms with Gasteiger partial charge in [0.05, 0.1) is 0 Å². The van der Waals surface area contributed by atoms with Crippen LogP contribution in [0, 0.1) is 3.83 Å². The smallest absolute Gasteiger partial charge is 0.406 e. The van der Waals surface area contributed by atoms with E-state index in [4.69, 9.17) is 0 Å². The topological polar surface area (TPSA) is 39.4 Å². The fourth-order valence-corrected chi connectivity index (χ4v) is 2.38. The fraction of sp³-hybridized carbons (Fsp3) is 0.0769. The van der Waals surface area contributed by atoms with E-state index < -0.39 is 6.36 Å². The number of pyridine rings is 1. The number of fused-ring (bicyclic) bond motifs is 1. The molecule has 0 bridgehead atoms. The van der Waals surface area contributed by atoms with Gasteiger partial charge in [-0.2, -0.15) is 0 Å². The molecule has 21 heavy (non-hydrogen) atoms. The minimum absolute atomic E-state index is 0.244. The van der Waals surface area contributed by atoms with E-state index in [1.807, 2.05) is 12.3 Å². The number of benzene rings is 1. The van der Waals surface area contributed by atoms with E-state index >= 15 is 0 Å². The Morgan fingerprint density at radius 3 is 2.29 bits per heavy atom. The second kappa shape index (κ2) is 5.17. The molecular formula is C13H7F3IN3O. The third kappa shape index (κ3) is 3.09. The molecule has 0 N–H and O–H groups in total. The number of hydrogen-bond acceptors (Lipinski definition) is 3. The van der Waals surface area contributed by atoms with Gasteiger partial charge in [0.1, 0.15) is 5.75 Å². The van der Waals surface area contributed by atoms with Gasteiger partial charge in [0, 0.05) is 28.8 Å². The molecule has 0 aliphatic rings. The summed E-state index contributed by atoms with van der Waals surface area (Å²) >= 11 is 2.05. The Balaban J connectivity index is 1.93. The Kier molecular flexibility index (Phi) is 3.47. The van der Waals surface area contributed by atoms with Crippen molar-refractivity contribution in [3.05, 3.63) is 46.4 Å². The van der Waals surface area contributed by atoms with E-state index in [9.17, 15) is 13.2 Å². The van der Waals surface area contributed by atoms with Crippen molar-refractivity contribution in [3.63, 3.8) is 0 Å². The van der Waals surface area contributed by atoms with Crippen molar-refractivity contribution in [1.82, 2.24) is 14.6 Å². The number of hydrogen-bond donors (Lipinski definition) is 0. The van der Waals surface area contributed by atoms with Crippen molar-refractivity contribution in [1.29, 1.82) is 0 Å². The van der Waals surface area contributed by atoms with E-state index in [0.717, 1.165) is 11.1 Å². The van der Waals surface area contributed by atoms with E-state index in [-0.39, 0.29) is 5.75 Å². The van der Waals surface area contributed by atoms with Crippen molar-refractivity contribution in [2.45, 2.75) is 6.36 Å². The Hall–Kier alpha value is -1.84. The summed E-state index contributed by atoms with van der Waals surface area (Å²) in [7, 11) is 0. The highest BCUT2D eigenvalue weighted by atomic mass is 127. The molecule has 3 rings (SSSR count). The highest BCUT2D eigenvalue weighted by molar-refractivity contribution is 14.1. The molecule has 8 heteroatoms. The molecule has 2 heterocycles. The predicted molar refractivity (Wildman–Crippen MR) is 77.8 cm³/mol. The average molecular weight is 405 g/mol. The lowest BCUT2D eigenvalue weighted by atomic mass is 10.1. The summed E-state index contributed by atoms with van der Waals surface area (Å²) in [6.07, 6.45) is -2.85. The van der Waals surface area contributed by atoms with Crippen LogP contribution in [-0.4, -0.2) is 21.0 Å². The first kappa shape index (κ1) is 14.1. The quantitative estimate of drug-likeness (QED) is 0.608. The first-order valence-electron chi connectivity index (χ1n) is 5.79. The highest BCUT2D eigenvalue weighted by Gasteiger charge is 2.30. The third-order valence-corrected chi connectivity index (χ3v) is 3.52. The van der Waals surface area contributed by atoms with Crippen molar-refractivity contribution in [2.75, 3.05) is 0 Å². The zero-order valence-corrected chi connectivity index (χ0v) is 12.5. The van der Waals surface area contributed by atoms with E-state index in [1.54, 1.807) is 22.6 Å². The highest BCUT2D eigenvalue weighted by Crippen LogP contribution is 2.26. The first-order valence-corrected chi connectivity index (χ1v) is 6.87. The van der Waals surface area contributed by atoms with E-state index in [2.05, 4.69) is 37.5 Å². The minimum Gasteiger partial charge on any atom is -0.406 e. The summed E-state index contributed by atoms with van der Waals surface area (Å²) in [4.78, 5) is 0. The van der Waals surface area contributed by atoms with Crippen molar-refractivity contribution >= 4 is 28.2 Å². The lowest BCUT2D eigenvalue weighted by Gasteiger charge is -2.09. The molecule has 0 saturated carbocycles. The zero-order valence-electron chi connectivity index (χ0n) is 10.3. The third-order valence-electron chi connectivity index (χ3n) is 2.78. The number of rotatable bonds is 2. The number of nitrogens with zero attached hydrogens (tertiary/aromatic N) is 3. The summed E-state index contributed by atoms with van der Waals surface area (Å²) in [5.74, 6) is -0.244. The molecule has 0 aliphatic heterocycles. The second-order valence-electron chi connectivity index (χ2n) is 4.19. The van der Waals surface area contributed by atoms with E-state index in [1.165, 1.54) is 12.1 Å². The lowest BCUT2D eigenvalue weighted by Crippen LogP contribution is -2.16. The van der Waals surface area contributed by atoms with Crippen LogP contribution in [-0.2, 0) is 0 Å². The predicted octanol–water partition coefficient (Wildman–Crippen LogP) is 3.90. The maximum atomic E-state index is 12.1. The molecule has 0 amide bonds. The molecule has 2 aromatic heterocycles. The van der Waals surface area contributed by atoms with Crippen LogP contribution < -0.4 is 4.74 Å². The van der Waals surface area contributed by atoms with Gasteiger partial charge in [-0.1, -0.05) is 12.1 Å². The molecule has 108 valence electrons. The minimum atomic E-state index is -4.68. The molecule has 0 saturated heterocycles. The van der Waals surface area contributed by atoms with Gasteiger partial charge in [0.15, 0.2) is 9.48 Å². The van der Waals surface area contributed by atoms with Crippen LogP contribution in [0.4, 0.5) is 13.2 Å². The van der Waals surface area contributed by atoms with Gasteiger partial charge in [0.2, 0.25) is 0 Å². The monoisotopic (exact) mass is 405 g/mol. The Morgan fingerprint density at radius 2 is 1.62 bits per heavy atom. The van der Waals surface area contributed by atoms with Gasteiger partial charge in [0.25, 0.3) is 0 Å². The lowest BCUT2D eigenvalue weighted by molar-refractivity contribution is -0.274. The fourth-order valence-electron chi connectivity index (χ4n) is 1.88. The van der Waals surface area contributed by atoms with Crippen LogP contribution in [0.2, 0.25) is 0 Å². The molecule has 0 fully saturated rings. The summed E-state index contributed by atoms with van der Waals surface area (Å²) in [5.41, 5.74) is 2.33. The second-order valence-corrected chi connectivity index (χ2v) is 5.15. The number of aromatic nitrogens is 3. The van der Waals surface area contributed by atoms with Gasteiger partial charge in [-0.05, 0) is 35.4 Å². The summed E-state index contributed by atoms with van der Waals surface area (Å²) in [6.45, 7) is 0. The molecule has 0 unspecified atom stereocenters. The molecule has 1 aromatic carbocycles. The molecule has 0 spiro atoms. The summed E-state index contributed by atoms with van der Waals surface area (Å²) in [5, 5.41) is 7.91. The SMILES string of the molecule is FC(F)(F)Oc1ccc(-c2ccc3nnc(I)n3c2)cc1. The first-order chi connectivity index (χ1) is 9.92. The van der Waals surface area contributed by atoms with Gasteiger partial charge in [-0.3, -0.25) is 4.40 Å². The largest absolute Gasteiger partial charge is 0.573 e. The summed E-state index contributed by atoms with van der Waals surface area (Å²) in [6, 6.07) is 9.33. The molecule has 0 aliphatic carbocycles. The van der Waals surface area contributed by atoms with Crippen LogP contribution in [0.15, 0.2) is 42.6 Å². The van der Waals surface area contributed by atoms with Crippen LogP contribution in [0.5, 0.6) is 5.75 Å². The number of halogens is 4. The van der Waals surface area contributed by atoms with Crippen LogP contribution in [0.1, 0.15) is 0 Å². The van der Waals surface area contributed by atoms with Gasteiger partial charge in [-0.25, -0.2) is 0 Å². The Labute approximate surface area is 130 Å². The van der Waals surface area contributed by atoms with Crippen LogP contribution >= 0.6 is 22.6 Å². The summed E-state index contributed by atoms with van der Waals surface area (Å²) < 4.78 is 42.7. The molecule has 4 nitrogen and oxygen atoms in total. The molecule has 0 atom stereocenters. The maximum Gasteiger partial charge on any atom is 0.573 e. The Bertz CT molecular complexity index is 783. The Morgan fingerprint density at radius 1 is 0.952 bits per heavy atom. The number of ether oxygens (including phenoxy) is 1. The van der Waals surface area contributed by atoms with Crippen molar-refractivity contribution in [3.8, 4) is 16.9 Å². The average Bonchev–Trinajstić information content (AvgIpc) is 2.79. The molecular weight excluding hydrogens is 398 g/mol. The van der Waals surface area contributed by atoms with Crippen LogP contribution in [0.3, 0.4) is 0 Å². The van der Waals surface area contributed by atoms with Crippen molar-refractivity contribution in [2.24, 2.45) is 0 Å². The molecule has 0 radical (unpaired) electrons. The van der Waals surface area contributed by atoms with Gasteiger partial charge >= 0.3 is 6.36 Å². The van der Waals surface area contributed by atoms with E-state index in [0.29, 0.717) is 9.48 Å².